The van der Waals surface area contributed by atoms with Crippen LogP contribution in [-0.2, 0) is 0 Å². The van der Waals surface area contributed by atoms with E-state index in [9.17, 15) is 14.9 Å². The van der Waals surface area contributed by atoms with Crippen molar-refractivity contribution in [2.24, 2.45) is 0 Å². The number of non-ortho nitro benzene ring substituents is 1. The fraction of sp³-hybridized carbons (Fsp3) is 0.200. The quantitative estimate of drug-likeness (QED) is 0.274. The van der Waals surface area contributed by atoms with Gasteiger partial charge in [0.15, 0.2) is 0 Å². The van der Waals surface area contributed by atoms with Crippen LogP contribution >= 0.6 is 11.6 Å². The average molecular weight is 442 g/mol. The number of benzene rings is 1. The molecule has 0 unspecified atom stereocenters. The van der Waals surface area contributed by atoms with Crippen LogP contribution < -0.4 is 16.0 Å². The van der Waals surface area contributed by atoms with Gasteiger partial charge in [-0.25, -0.2) is 15.0 Å². The van der Waals surface area contributed by atoms with Crippen molar-refractivity contribution in [3.05, 3.63) is 74.7 Å². The van der Waals surface area contributed by atoms with Crippen molar-refractivity contribution in [3.63, 3.8) is 0 Å². The number of nitro groups is 1. The second kappa shape index (κ2) is 9.81. The summed E-state index contributed by atoms with van der Waals surface area (Å²) in [5.41, 5.74) is 1.07. The summed E-state index contributed by atoms with van der Waals surface area (Å²) in [5, 5.41) is 19.8. The summed E-state index contributed by atoms with van der Waals surface area (Å²) >= 11 is 5.98. The first-order valence-corrected chi connectivity index (χ1v) is 9.71. The number of amides is 1. The average Bonchev–Trinajstić information content (AvgIpc) is 2.70. The zero-order valence-electron chi connectivity index (χ0n) is 16.8. The SMILES string of the molecule is Cc1ccnc(Nc2cc(NCCNC(=O)c3ccc([N+](=O)[O-])cc3Cl)nc(C)n2)c1. The molecule has 3 rings (SSSR count). The Bertz CT molecular complexity index is 1120. The van der Waals surface area contributed by atoms with E-state index >= 15 is 0 Å². The lowest BCUT2D eigenvalue weighted by atomic mass is 10.2. The molecule has 0 bridgehead atoms. The number of carbonyl (C=O) groups is 1. The number of hydrogen-bond donors (Lipinski definition) is 3. The fourth-order valence-electron chi connectivity index (χ4n) is 2.72. The summed E-state index contributed by atoms with van der Waals surface area (Å²) in [7, 11) is 0. The Balaban J connectivity index is 1.55. The minimum atomic E-state index is -0.570. The van der Waals surface area contributed by atoms with Crippen LogP contribution in [0.15, 0.2) is 42.6 Å². The third kappa shape index (κ3) is 6.09. The van der Waals surface area contributed by atoms with Crippen LogP contribution in [-0.4, -0.2) is 38.9 Å². The molecule has 0 fully saturated rings. The van der Waals surface area contributed by atoms with E-state index in [2.05, 4.69) is 30.9 Å². The number of rotatable bonds is 8. The van der Waals surface area contributed by atoms with Gasteiger partial charge in [0, 0.05) is 37.5 Å². The second-order valence-corrected chi connectivity index (χ2v) is 7.04. The Morgan fingerprint density at radius 1 is 1.06 bits per heavy atom. The van der Waals surface area contributed by atoms with Gasteiger partial charge in [-0.15, -0.1) is 0 Å². The minimum Gasteiger partial charge on any atom is -0.368 e. The highest BCUT2D eigenvalue weighted by Crippen LogP contribution is 2.22. The molecule has 11 heteroatoms. The van der Waals surface area contributed by atoms with E-state index in [0.29, 0.717) is 29.8 Å². The first-order valence-electron chi connectivity index (χ1n) is 9.33. The van der Waals surface area contributed by atoms with Gasteiger partial charge < -0.3 is 16.0 Å². The van der Waals surface area contributed by atoms with E-state index < -0.39 is 10.8 Å². The smallest absolute Gasteiger partial charge is 0.270 e. The van der Waals surface area contributed by atoms with Crippen LogP contribution in [0.3, 0.4) is 0 Å². The van der Waals surface area contributed by atoms with E-state index in [4.69, 9.17) is 11.6 Å². The van der Waals surface area contributed by atoms with Crippen LogP contribution in [0.1, 0.15) is 21.7 Å². The number of nitro benzene ring substituents is 1. The van der Waals surface area contributed by atoms with Crippen LogP contribution in [0.25, 0.3) is 0 Å². The van der Waals surface area contributed by atoms with Crippen molar-refractivity contribution in [1.82, 2.24) is 20.3 Å². The number of aryl methyl sites for hydroxylation is 2. The number of pyridine rings is 1. The minimum absolute atomic E-state index is 0.0200. The van der Waals surface area contributed by atoms with Crippen LogP contribution in [0.5, 0.6) is 0 Å². The standard InChI is InChI=1S/C20H20ClN7O3/c1-12-5-6-22-17(9-12)27-19-11-18(25-13(2)26-19)23-7-8-24-20(29)15-4-3-14(28(30)31)10-16(15)21/h3-6,9-11H,7-8H2,1-2H3,(H,24,29)(H2,22,23,25,26,27). The Hall–Kier alpha value is -3.79. The highest BCUT2D eigenvalue weighted by atomic mass is 35.5. The van der Waals surface area contributed by atoms with Crippen molar-refractivity contribution in [2.45, 2.75) is 13.8 Å². The zero-order valence-corrected chi connectivity index (χ0v) is 17.6. The van der Waals surface area contributed by atoms with Crippen molar-refractivity contribution in [3.8, 4) is 0 Å². The first kappa shape index (κ1) is 21.9. The molecule has 31 heavy (non-hydrogen) atoms. The summed E-state index contributed by atoms with van der Waals surface area (Å²) in [6.45, 7) is 4.44. The summed E-state index contributed by atoms with van der Waals surface area (Å²) in [4.78, 5) is 35.4. The molecule has 10 nitrogen and oxygen atoms in total. The predicted octanol–water partition coefficient (Wildman–Crippen LogP) is 3.64. The highest BCUT2D eigenvalue weighted by Gasteiger charge is 2.14. The molecule has 0 saturated heterocycles. The number of halogens is 1. The van der Waals surface area contributed by atoms with Crippen molar-refractivity contribution in [2.75, 3.05) is 23.7 Å². The molecule has 1 aromatic carbocycles. The lowest BCUT2D eigenvalue weighted by Crippen LogP contribution is -2.29. The maximum Gasteiger partial charge on any atom is 0.270 e. The number of nitrogens with zero attached hydrogens (tertiary/aromatic N) is 4. The molecule has 3 aromatic rings. The van der Waals surface area contributed by atoms with Gasteiger partial charge in [0.1, 0.15) is 23.3 Å². The molecule has 0 aliphatic carbocycles. The number of anilines is 3. The molecule has 0 aliphatic heterocycles. The maximum atomic E-state index is 12.3. The lowest BCUT2D eigenvalue weighted by Gasteiger charge is -2.11. The summed E-state index contributed by atoms with van der Waals surface area (Å²) in [6.07, 6.45) is 1.71. The van der Waals surface area contributed by atoms with Gasteiger partial charge in [-0.3, -0.25) is 14.9 Å². The van der Waals surface area contributed by atoms with Crippen molar-refractivity contribution < 1.29 is 9.72 Å². The molecule has 2 aromatic heterocycles. The molecule has 0 radical (unpaired) electrons. The van der Waals surface area contributed by atoms with Gasteiger partial charge in [0.2, 0.25) is 0 Å². The Morgan fingerprint density at radius 2 is 1.84 bits per heavy atom. The van der Waals surface area contributed by atoms with Gasteiger partial charge in [-0.2, -0.15) is 0 Å². The summed E-state index contributed by atoms with van der Waals surface area (Å²) in [5.74, 6) is 2.01. The van der Waals surface area contributed by atoms with E-state index in [0.717, 1.165) is 11.6 Å². The van der Waals surface area contributed by atoms with Gasteiger partial charge in [-0.1, -0.05) is 11.6 Å². The summed E-state index contributed by atoms with van der Waals surface area (Å²) < 4.78 is 0. The van der Waals surface area contributed by atoms with Crippen molar-refractivity contribution >= 4 is 40.6 Å². The number of aromatic nitrogens is 3. The van der Waals surface area contributed by atoms with Gasteiger partial charge in [-0.05, 0) is 37.6 Å². The molecule has 1 amide bonds. The normalized spacial score (nSPS) is 10.4. The predicted molar refractivity (Wildman–Crippen MR) is 118 cm³/mol. The zero-order chi connectivity index (χ0) is 22.4. The second-order valence-electron chi connectivity index (χ2n) is 6.63. The lowest BCUT2D eigenvalue weighted by molar-refractivity contribution is -0.384. The fourth-order valence-corrected chi connectivity index (χ4v) is 2.98. The molecule has 0 atom stereocenters. The largest absolute Gasteiger partial charge is 0.368 e. The first-order chi connectivity index (χ1) is 14.8. The van der Waals surface area contributed by atoms with E-state index in [1.165, 1.54) is 12.1 Å². The molecule has 3 N–H and O–H groups in total. The highest BCUT2D eigenvalue weighted by molar-refractivity contribution is 6.34. The third-order valence-electron chi connectivity index (χ3n) is 4.13. The third-order valence-corrected chi connectivity index (χ3v) is 4.45. The van der Waals surface area contributed by atoms with Crippen molar-refractivity contribution in [1.29, 1.82) is 0 Å². The van der Waals surface area contributed by atoms with E-state index in [-0.39, 0.29) is 22.8 Å². The molecule has 2 heterocycles. The van der Waals surface area contributed by atoms with Crippen LogP contribution in [0.2, 0.25) is 5.02 Å². The maximum absolute atomic E-state index is 12.3. The Kier molecular flexibility index (Phi) is 6.93. The molecule has 0 aliphatic rings. The van der Waals surface area contributed by atoms with E-state index in [1.807, 2.05) is 19.1 Å². The topological polar surface area (TPSA) is 135 Å². The Morgan fingerprint density at radius 3 is 2.55 bits per heavy atom. The molecule has 0 spiro atoms. The van der Waals surface area contributed by atoms with Gasteiger partial charge >= 0.3 is 0 Å². The molecule has 160 valence electrons. The number of nitrogens with one attached hydrogen (secondary N) is 3. The Labute approximate surface area is 183 Å². The monoisotopic (exact) mass is 441 g/mol. The van der Waals surface area contributed by atoms with Gasteiger partial charge in [0.05, 0.1) is 15.5 Å². The molecular weight excluding hydrogens is 422 g/mol. The van der Waals surface area contributed by atoms with Gasteiger partial charge in [0.25, 0.3) is 11.6 Å². The van der Waals surface area contributed by atoms with Crippen LogP contribution in [0.4, 0.5) is 23.1 Å². The van der Waals surface area contributed by atoms with E-state index in [1.54, 1.807) is 19.2 Å². The number of hydrogen-bond acceptors (Lipinski definition) is 8. The van der Waals surface area contributed by atoms with Crippen LogP contribution in [0, 0.1) is 24.0 Å². The summed E-state index contributed by atoms with van der Waals surface area (Å²) in [6, 6.07) is 9.27. The number of carbonyl (C=O) groups excluding carboxylic acids is 1. The molecule has 0 saturated carbocycles. The molecular formula is C20H20ClN7O3.